The molecular weight excluding hydrogens is 340 g/mol. The van der Waals surface area contributed by atoms with E-state index >= 15 is 0 Å². The first-order chi connectivity index (χ1) is 12.2. The van der Waals surface area contributed by atoms with Crippen molar-refractivity contribution in [2.24, 2.45) is 5.92 Å². The summed E-state index contributed by atoms with van der Waals surface area (Å²) in [6.45, 7) is 0.741. The lowest BCUT2D eigenvalue weighted by Crippen LogP contribution is -2.15. The second-order valence-corrected chi connectivity index (χ2v) is 7.25. The van der Waals surface area contributed by atoms with Crippen LogP contribution in [0.4, 0.5) is 10.8 Å². The highest BCUT2D eigenvalue weighted by Crippen LogP contribution is 2.32. The van der Waals surface area contributed by atoms with Gasteiger partial charge in [0.05, 0.1) is 0 Å². The second-order valence-electron chi connectivity index (χ2n) is 6.25. The zero-order valence-electron chi connectivity index (χ0n) is 13.5. The molecule has 1 saturated heterocycles. The first-order valence-corrected chi connectivity index (χ1v) is 9.18. The van der Waals surface area contributed by atoms with Crippen molar-refractivity contribution >= 4 is 34.0 Å². The van der Waals surface area contributed by atoms with Crippen LogP contribution in [0.2, 0.25) is 0 Å². The summed E-state index contributed by atoms with van der Waals surface area (Å²) in [5.74, 6) is -0.143. The monoisotopic (exact) mass is 358 g/mol. The molecular formula is C17H18N4O3S. The topological polar surface area (TPSA) is 93.2 Å². The van der Waals surface area contributed by atoms with Crippen molar-refractivity contribution in [2.75, 3.05) is 17.2 Å². The summed E-state index contributed by atoms with van der Waals surface area (Å²) in [5.41, 5.74) is 1.09. The Hall–Kier alpha value is -2.32. The van der Waals surface area contributed by atoms with Crippen molar-refractivity contribution in [1.82, 2.24) is 10.2 Å². The molecule has 1 unspecified atom stereocenters. The molecule has 0 spiro atoms. The summed E-state index contributed by atoms with van der Waals surface area (Å²) < 4.78 is 5.57. The van der Waals surface area contributed by atoms with Crippen molar-refractivity contribution in [3.8, 4) is 0 Å². The summed E-state index contributed by atoms with van der Waals surface area (Å²) in [5, 5.41) is 15.0. The standard InChI is InChI=1S/C17H18N4O3S/c22-14(10-6-7-10)18-12-4-1-3-11(9-12)15(23)19-17-21-20-16(25-17)13-5-2-8-24-13/h1,3-4,9-10,13H,2,5-8H2,(H,18,22)(H,19,21,23). The third-order valence-corrected chi connectivity index (χ3v) is 5.14. The molecule has 2 aromatic rings. The normalized spacial score (nSPS) is 19.6. The van der Waals surface area contributed by atoms with E-state index < -0.39 is 0 Å². The number of nitrogens with zero attached hydrogens (tertiary/aromatic N) is 2. The van der Waals surface area contributed by atoms with Gasteiger partial charge in [-0.3, -0.25) is 14.9 Å². The van der Waals surface area contributed by atoms with Gasteiger partial charge in [-0.1, -0.05) is 17.4 Å². The lowest BCUT2D eigenvalue weighted by atomic mass is 10.2. The molecule has 0 bridgehead atoms. The Labute approximate surface area is 148 Å². The van der Waals surface area contributed by atoms with E-state index in [-0.39, 0.29) is 23.8 Å². The SMILES string of the molecule is O=C(Nc1nnc(C2CCCO2)s1)c1cccc(NC(=O)C2CC2)c1. The molecule has 7 nitrogen and oxygen atoms in total. The maximum atomic E-state index is 12.4. The highest BCUT2D eigenvalue weighted by atomic mass is 32.1. The minimum Gasteiger partial charge on any atom is -0.371 e. The summed E-state index contributed by atoms with van der Waals surface area (Å²) in [6, 6.07) is 6.88. The van der Waals surface area contributed by atoms with E-state index in [4.69, 9.17) is 4.74 Å². The molecule has 8 heteroatoms. The first-order valence-electron chi connectivity index (χ1n) is 8.36. The summed E-state index contributed by atoms with van der Waals surface area (Å²) in [7, 11) is 0. The molecule has 1 aliphatic carbocycles. The molecule has 2 N–H and O–H groups in total. The Balaban J connectivity index is 1.41. The van der Waals surface area contributed by atoms with Crippen molar-refractivity contribution in [3.05, 3.63) is 34.8 Å². The van der Waals surface area contributed by atoms with Crippen molar-refractivity contribution in [1.29, 1.82) is 0 Å². The molecule has 25 heavy (non-hydrogen) atoms. The molecule has 2 heterocycles. The number of nitrogens with one attached hydrogen (secondary N) is 2. The molecule has 1 aromatic heterocycles. The molecule has 1 aromatic carbocycles. The van der Waals surface area contributed by atoms with Crippen molar-refractivity contribution < 1.29 is 14.3 Å². The fraction of sp³-hybridized carbons (Fsp3) is 0.412. The number of anilines is 2. The highest BCUT2D eigenvalue weighted by molar-refractivity contribution is 7.15. The third-order valence-electron chi connectivity index (χ3n) is 4.21. The Morgan fingerprint density at radius 3 is 2.80 bits per heavy atom. The Bertz CT molecular complexity index is 797. The van der Waals surface area contributed by atoms with Gasteiger partial charge in [0.1, 0.15) is 11.1 Å². The predicted molar refractivity (Wildman–Crippen MR) is 93.6 cm³/mol. The van der Waals surface area contributed by atoms with Crippen LogP contribution in [0.15, 0.2) is 24.3 Å². The summed E-state index contributed by atoms with van der Waals surface area (Å²) >= 11 is 1.33. The van der Waals surface area contributed by atoms with Crippen LogP contribution in [-0.2, 0) is 9.53 Å². The number of carbonyl (C=O) groups is 2. The number of amides is 2. The lowest BCUT2D eigenvalue weighted by Gasteiger charge is -2.06. The van der Waals surface area contributed by atoms with Crippen LogP contribution < -0.4 is 10.6 Å². The molecule has 1 atom stereocenters. The van der Waals surface area contributed by atoms with Gasteiger partial charge >= 0.3 is 0 Å². The largest absolute Gasteiger partial charge is 0.371 e. The van der Waals surface area contributed by atoms with Gasteiger partial charge in [-0.15, -0.1) is 10.2 Å². The van der Waals surface area contributed by atoms with Gasteiger partial charge in [0, 0.05) is 23.8 Å². The maximum absolute atomic E-state index is 12.4. The van der Waals surface area contributed by atoms with Crippen LogP contribution in [0.3, 0.4) is 0 Å². The van der Waals surface area contributed by atoms with Crippen LogP contribution in [0.5, 0.6) is 0 Å². The van der Waals surface area contributed by atoms with Gasteiger partial charge < -0.3 is 10.1 Å². The first kappa shape index (κ1) is 16.2. The van der Waals surface area contributed by atoms with Crippen molar-refractivity contribution in [3.63, 3.8) is 0 Å². The molecule has 4 rings (SSSR count). The van der Waals surface area contributed by atoms with E-state index in [1.165, 1.54) is 11.3 Å². The van der Waals surface area contributed by atoms with Gasteiger partial charge in [-0.25, -0.2) is 0 Å². The molecule has 2 aliphatic rings. The summed E-state index contributed by atoms with van der Waals surface area (Å²) in [6.07, 6.45) is 3.83. The molecule has 1 saturated carbocycles. The molecule has 2 amide bonds. The number of benzene rings is 1. The highest BCUT2D eigenvalue weighted by Gasteiger charge is 2.29. The minimum atomic E-state index is -0.280. The zero-order chi connectivity index (χ0) is 17.2. The molecule has 130 valence electrons. The van der Waals surface area contributed by atoms with E-state index in [2.05, 4.69) is 20.8 Å². The van der Waals surface area contributed by atoms with Gasteiger partial charge in [0.25, 0.3) is 5.91 Å². The van der Waals surface area contributed by atoms with Crippen LogP contribution >= 0.6 is 11.3 Å². The fourth-order valence-corrected chi connectivity index (χ4v) is 3.51. The third kappa shape index (κ3) is 3.85. The van der Waals surface area contributed by atoms with Gasteiger partial charge in [-0.2, -0.15) is 0 Å². The molecule has 1 aliphatic heterocycles. The van der Waals surface area contributed by atoms with Crippen LogP contribution in [-0.4, -0.2) is 28.6 Å². The van der Waals surface area contributed by atoms with E-state index in [9.17, 15) is 9.59 Å². The number of hydrogen-bond acceptors (Lipinski definition) is 6. The number of rotatable bonds is 5. The smallest absolute Gasteiger partial charge is 0.257 e. The van der Waals surface area contributed by atoms with E-state index in [1.54, 1.807) is 24.3 Å². The number of hydrogen-bond donors (Lipinski definition) is 2. The van der Waals surface area contributed by atoms with Gasteiger partial charge in [-0.05, 0) is 43.9 Å². The van der Waals surface area contributed by atoms with Gasteiger partial charge in [0.15, 0.2) is 0 Å². The Morgan fingerprint density at radius 1 is 1.16 bits per heavy atom. The number of ether oxygens (including phenoxy) is 1. The Morgan fingerprint density at radius 2 is 2.04 bits per heavy atom. The quantitative estimate of drug-likeness (QED) is 0.857. The van der Waals surface area contributed by atoms with Gasteiger partial charge in [0.2, 0.25) is 11.0 Å². The summed E-state index contributed by atoms with van der Waals surface area (Å²) in [4.78, 5) is 24.2. The lowest BCUT2D eigenvalue weighted by molar-refractivity contribution is -0.117. The van der Waals surface area contributed by atoms with Crippen molar-refractivity contribution in [2.45, 2.75) is 31.8 Å². The average molecular weight is 358 g/mol. The van der Waals surface area contributed by atoms with E-state index in [0.717, 1.165) is 37.3 Å². The van der Waals surface area contributed by atoms with Crippen LogP contribution in [0.1, 0.15) is 47.2 Å². The maximum Gasteiger partial charge on any atom is 0.257 e. The number of aromatic nitrogens is 2. The minimum absolute atomic E-state index is 0.0101. The Kier molecular flexibility index (Phi) is 4.46. The van der Waals surface area contributed by atoms with E-state index in [1.807, 2.05) is 0 Å². The molecule has 2 fully saturated rings. The zero-order valence-corrected chi connectivity index (χ0v) is 14.3. The average Bonchev–Trinajstić information content (AvgIpc) is 3.13. The van der Waals surface area contributed by atoms with Crippen LogP contribution in [0, 0.1) is 5.92 Å². The van der Waals surface area contributed by atoms with Crippen LogP contribution in [0.25, 0.3) is 0 Å². The predicted octanol–water partition coefficient (Wildman–Crippen LogP) is 2.99. The second kappa shape index (κ2) is 6.89. The molecule has 0 radical (unpaired) electrons. The number of carbonyl (C=O) groups excluding carboxylic acids is 2. The fourth-order valence-electron chi connectivity index (χ4n) is 2.68. The van der Waals surface area contributed by atoms with E-state index in [0.29, 0.717) is 16.4 Å².